The third-order valence-corrected chi connectivity index (χ3v) is 7.04. The average Bonchev–Trinajstić information content (AvgIpc) is 3.12. The number of morpholine rings is 1. The number of rotatable bonds is 7. The molecule has 2 aromatic carbocycles. The maximum atomic E-state index is 12.8. The molecule has 35 heavy (non-hydrogen) atoms. The Balaban J connectivity index is 1.44. The van der Waals surface area contributed by atoms with Crippen molar-refractivity contribution in [2.24, 2.45) is 4.99 Å². The number of hydrogen-bond acceptors (Lipinski definition) is 8. The molecule has 0 bridgehead atoms. The van der Waals surface area contributed by atoms with Gasteiger partial charge in [0.25, 0.3) is 5.91 Å². The highest BCUT2D eigenvalue weighted by atomic mass is 79.9. The number of carbonyl (C=O) groups excluding carboxylic acids is 2. The van der Waals surface area contributed by atoms with Gasteiger partial charge >= 0.3 is 5.97 Å². The van der Waals surface area contributed by atoms with E-state index in [0.29, 0.717) is 26.9 Å². The van der Waals surface area contributed by atoms with Gasteiger partial charge in [-0.15, -0.1) is 0 Å². The van der Waals surface area contributed by atoms with Gasteiger partial charge < -0.3 is 19.1 Å². The summed E-state index contributed by atoms with van der Waals surface area (Å²) in [6, 6.07) is 13.4. The minimum Gasteiger partial charge on any atom is -0.481 e. The molecule has 10 heteroatoms. The van der Waals surface area contributed by atoms with Crippen molar-refractivity contribution in [1.82, 2.24) is 4.90 Å². The third-order valence-electron chi connectivity index (χ3n) is 5.36. The second-order valence-corrected chi connectivity index (χ2v) is 9.63. The van der Waals surface area contributed by atoms with Crippen LogP contribution < -0.4 is 9.64 Å². The number of thioether (sulfide) groups is 1. The summed E-state index contributed by atoms with van der Waals surface area (Å²) in [4.78, 5) is 33.4. The summed E-state index contributed by atoms with van der Waals surface area (Å²) in [6.07, 6.45) is 1.81. The lowest BCUT2D eigenvalue weighted by atomic mass is 10.2. The molecule has 2 aliphatic rings. The number of anilines is 1. The molecule has 2 saturated heterocycles. The fourth-order valence-electron chi connectivity index (χ4n) is 3.54. The highest BCUT2D eigenvalue weighted by molar-refractivity contribution is 9.10. The summed E-state index contributed by atoms with van der Waals surface area (Å²) in [6.45, 7) is 5.12. The van der Waals surface area contributed by atoms with Crippen molar-refractivity contribution in [2.75, 3.05) is 51.5 Å². The van der Waals surface area contributed by atoms with Crippen molar-refractivity contribution >= 4 is 62.2 Å². The molecular formula is C25H26BrN3O5S. The zero-order valence-corrected chi connectivity index (χ0v) is 21.9. The van der Waals surface area contributed by atoms with Crippen LogP contribution in [0.1, 0.15) is 12.5 Å². The third kappa shape index (κ3) is 6.45. The molecule has 0 unspecified atom stereocenters. The molecule has 0 aliphatic carbocycles. The van der Waals surface area contributed by atoms with Crippen molar-refractivity contribution in [3.63, 3.8) is 0 Å². The molecule has 0 N–H and O–H groups in total. The van der Waals surface area contributed by atoms with Gasteiger partial charge in [-0.05, 0) is 82.7 Å². The van der Waals surface area contributed by atoms with Gasteiger partial charge in [0.1, 0.15) is 5.75 Å². The highest BCUT2D eigenvalue weighted by Gasteiger charge is 2.30. The number of ether oxygens (including phenoxy) is 3. The average molecular weight is 560 g/mol. The first-order chi connectivity index (χ1) is 16.9. The van der Waals surface area contributed by atoms with Crippen molar-refractivity contribution in [1.29, 1.82) is 0 Å². The van der Waals surface area contributed by atoms with Gasteiger partial charge in [0.05, 0.1) is 34.9 Å². The number of benzene rings is 2. The van der Waals surface area contributed by atoms with Crippen molar-refractivity contribution < 1.29 is 23.8 Å². The highest BCUT2D eigenvalue weighted by Crippen LogP contribution is 2.35. The Bertz CT molecular complexity index is 1150. The molecule has 2 aliphatic heterocycles. The minimum atomic E-state index is -0.427. The molecule has 0 atom stereocenters. The number of esters is 1. The molecule has 0 spiro atoms. The van der Waals surface area contributed by atoms with Crippen LogP contribution in [0, 0.1) is 0 Å². The van der Waals surface area contributed by atoms with Gasteiger partial charge in [-0.2, -0.15) is 0 Å². The first-order valence-corrected chi connectivity index (χ1v) is 12.8. The van der Waals surface area contributed by atoms with Crippen LogP contribution in [0.15, 0.2) is 56.8 Å². The second kappa shape index (κ2) is 11.7. The smallest absolute Gasteiger partial charge is 0.344 e. The van der Waals surface area contributed by atoms with Gasteiger partial charge in [-0.1, -0.05) is 6.07 Å². The molecule has 2 aromatic rings. The number of aliphatic imine (C=N–C) groups is 1. The lowest BCUT2D eigenvalue weighted by Gasteiger charge is -2.28. The topological polar surface area (TPSA) is 80.7 Å². The summed E-state index contributed by atoms with van der Waals surface area (Å²) < 4.78 is 16.5. The monoisotopic (exact) mass is 559 g/mol. The molecule has 0 radical (unpaired) electrons. The number of hydrogen-bond donors (Lipinski definition) is 0. The zero-order chi connectivity index (χ0) is 24.8. The van der Waals surface area contributed by atoms with Crippen LogP contribution in [0.2, 0.25) is 0 Å². The Kier molecular flexibility index (Phi) is 8.48. The summed E-state index contributed by atoms with van der Waals surface area (Å²) in [5, 5.41) is 0.619. The van der Waals surface area contributed by atoms with E-state index in [1.54, 1.807) is 24.9 Å². The Morgan fingerprint density at radius 1 is 1.20 bits per heavy atom. The Hall–Kier alpha value is -2.82. The lowest BCUT2D eigenvalue weighted by molar-refractivity contribution is -0.145. The molecule has 184 valence electrons. The van der Waals surface area contributed by atoms with Gasteiger partial charge in [0, 0.05) is 25.8 Å². The summed E-state index contributed by atoms with van der Waals surface area (Å²) >= 11 is 4.79. The van der Waals surface area contributed by atoms with Gasteiger partial charge in [-0.25, -0.2) is 9.79 Å². The SMILES string of the molecule is CCOC(=O)COc1ccc(/C=C2\SC(=Nc3ccc(N4CCOCC4)cc3)N(C)C2=O)cc1Br. The predicted octanol–water partition coefficient (Wildman–Crippen LogP) is 4.46. The van der Waals surface area contributed by atoms with Crippen LogP contribution in [0.5, 0.6) is 5.75 Å². The van der Waals surface area contributed by atoms with Crippen LogP contribution in [0.4, 0.5) is 11.4 Å². The molecule has 2 heterocycles. The number of carbonyl (C=O) groups is 2. The van der Waals surface area contributed by atoms with E-state index in [2.05, 4.69) is 25.8 Å². The van der Waals surface area contributed by atoms with Crippen LogP contribution >= 0.6 is 27.7 Å². The predicted molar refractivity (Wildman–Crippen MR) is 141 cm³/mol. The van der Waals surface area contributed by atoms with E-state index in [9.17, 15) is 9.59 Å². The van der Waals surface area contributed by atoms with E-state index >= 15 is 0 Å². The number of nitrogens with zero attached hydrogens (tertiary/aromatic N) is 3. The Labute approximate surface area is 217 Å². The fourth-order valence-corrected chi connectivity index (χ4v) is 5.03. The van der Waals surface area contributed by atoms with Crippen LogP contribution in [0.25, 0.3) is 6.08 Å². The minimum absolute atomic E-state index is 0.113. The molecule has 0 saturated carbocycles. The number of halogens is 1. The van der Waals surface area contributed by atoms with Crippen LogP contribution in [-0.2, 0) is 19.1 Å². The summed E-state index contributed by atoms with van der Waals surface area (Å²) in [7, 11) is 1.72. The number of amidine groups is 1. The van der Waals surface area contributed by atoms with E-state index in [1.165, 1.54) is 11.8 Å². The van der Waals surface area contributed by atoms with E-state index in [4.69, 9.17) is 14.2 Å². The molecule has 2 fully saturated rings. The Morgan fingerprint density at radius 3 is 2.63 bits per heavy atom. The maximum Gasteiger partial charge on any atom is 0.344 e. The van der Waals surface area contributed by atoms with E-state index < -0.39 is 5.97 Å². The normalized spacial score (nSPS) is 18.4. The van der Waals surface area contributed by atoms with Gasteiger partial charge in [-0.3, -0.25) is 9.69 Å². The largest absolute Gasteiger partial charge is 0.481 e. The van der Waals surface area contributed by atoms with Crippen molar-refractivity contribution in [2.45, 2.75) is 6.92 Å². The van der Waals surface area contributed by atoms with Crippen LogP contribution in [-0.4, -0.2) is 68.5 Å². The molecular weight excluding hydrogens is 534 g/mol. The van der Waals surface area contributed by atoms with Crippen molar-refractivity contribution in [3.8, 4) is 5.75 Å². The lowest BCUT2D eigenvalue weighted by Crippen LogP contribution is -2.36. The molecule has 1 amide bonds. The maximum absolute atomic E-state index is 12.8. The zero-order valence-electron chi connectivity index (χ0n) is 19.5. The van der Waals surface area contributed by atoms with E-state index in [0.717, 1.165) is 43.2 Å². The van der Waals surface area contributed by atoms with Crippen LogP contribution in [0.3, 0.4) is 0 Å². The number of amides is 1. The first kappa shape index (κ1) is 25.3. The summed E-state index contributed by atoms with van der Waals surface area (Å²) in [5.41, 5.74) is 2.75. The standard InChI is InChI=1S/C25H26BrN3O5S/c1-3-33-23(30)16-34-21-9-4-17(14-20(21)26)15-22-24(31)28(2)25(35-22)27-18-5-7-19(8-6-18)29-10-12-32-13-11-29/h4-9,14-15H,3,10-13,16H2,1-2H3/b22-15-,27-25?. The number of likely N-dealkylation sites (N-methyl/N-ethyl adjacent to an activating group) is 1. The molecule has 0 aromatic heterocycles. The van der Waals surface area contributed by atoms with Crippen molar-refractivity contribution in [3.05, 3.63) is 57.4 Å². The van der Waals surface area contributed by atoms with Gasteiger partial charge in [0.15, 0.2) is 11.8 Å². The fraction of sp³-hybridized carbons (Fsp3) is 0.320. The summed E-state index contributed by atoms with van der Waals surface area (Å²) in [5.74, 6) is -0.0212. The molecule has 8 nitrogen and oxygen atoms in total. The second-order valence-electron chi connectivity index (χ2n) is 7.77. The van der Waals surface area contributed by atoms with E-state index in [-0.39, 0.29) is 12.5 Å². The first-order valence-electron chi connectivity index (χ1n) is 11.2. The Morgan fingerprint density at radius 2 is 1.94 bits per heavy atom. The van der Waals surface area contributed by atoms with E-state index in [1.807, 2.05) is 42.5 Å². The quantitative estimate of drug-likeness (QED) is 0.366. The molecule has 4 rings (SSSR count). The van der Waals surface area contributed by atoms with Gasteiger partial charge in [0.2, 0.25) is 0 Å².